The monoisotopic (exact) mass is 408 g/mol. The second-order valence-corrected chi connectivity index (χ2v) is 8.39. The molecule has 6 nitrogen and oxygen atoms in total. The van der Waals surface area contributed by atoms with Gasteiger partial charge in [0.1, 0.15) is 0 Å². The van der Waals surface area contributed by atoms with E-state index in [1.165, 1.54) is 22.2 Å². The molecule has 150 valence electrons. The van der Waals surface area contributed by atoms with E-state index >= 15 is 0 Å². The summed E-state index contributed by atoms with van der Waals surface area (Å²) in [7, 11) is 0. The van der Waals surface area contributed by atoms with Crippen LogP contribution < -0.4 is 10.5 Å². The van der Waals surface area contributed by atoms with E-state index in [-0.39, 0.29) is 24.4 Å². The standard InChI is InChI=1S/C22H24N4O2S/c1-3-12-26(22-24-17-9-4-5-10-18(17)29-22)19(27)11-13-25-14-23-20-15(2)7-6-8-16(20)21(25)28/h3,6-8,14H,1,4-5,9-13H2,2H3. The first-order valence-electron chi connectivity index (χ1n) is 9.93. The van der Waals surface area contributed by atoms with Crippen molar-refractivity contribution in [1.82, 2.24) is 14.5 Å². The lowest BCUT2D eigenvalue weighted by molar-refractivity contribution is -0.118. The number of aromatic nitrogens is 3. The highest BCUT2D eigenvalue weighted by Crippen LogP contribution is 2.32. The highest BCUT2D eigenvalue weighted by molar-refractivity contribution is 7.16. The van der Waals surface area contributed by atoms with Gasteiger partial charge in [0.15, 0.2) is 5.13 Å². The van der Waals surface area contributed by atoms with Crippen LogP contribution in [0.2, 0.25) is 0 Å². The summed E-state index contributed by atoms with van der Waals surface area (Å²) < 4.78 is 1.51. The molecule has 0 N–H and O–H groups in total. The molecule has 0 aliphatic heterocycles. The first kappa shape index (κ1) is 19.5. The maximum atomic E-state index is 13.0. The van der Waals surface area contributed by atoms with Crippen LogP contribution in [0.1, 0.15) is 35.4 Å². The van der Waals surface area contributed by atoms with Crippen LogP contribution in [0.4, 0.5) is 5.13 Å². The van der Waals surface area contributed by atoms with Crippen LogP contribution in [0.15, 0.2) is 42.0 Å². The first-order chi connectivity index (χ1) is 14.1. The van der Waals surface area contributed by atoms with Crippen molar-refractivity contribution >= 4 is 33.3 Å². The Hall–Kier alpha value is -2.80. The van der Waals surface area contributed by atoms with Gasteiger partial charge in [-0.25, -0.2) is 9.97 Å². The van der Waals surface area contributed by atoms with E-state index in [1.807, 2.05) is 19.1 Å². The van der Waals surface area contributed by atoms with Crippen molar-refractivity contribution in [2.45, 2.75) is 45.6 Å². The predicted octanol–water partition coefficient (Wildman–Crippen LogP) is 3.65. The minimum atomic E-state index is -0.119. The lowest BCUT2D eigenvalue weighted by Crippen LogP contribution is -2.33. The second kappa shape index (κ2) is 8.29. The topological polar surface area (TPSA) is 68.1 Å². The summed E-state index contributed by atoms with van der Waals surface area (Å²) in [5, 5.41) is 1.32. The fourth-order valence-electron chi connectivity index (χ4n) is 3.72. The molecule has 1 amide bonds. The molecular weight excluding hydrogens is 384 g/mol. The highest BCUT2D eigenvalue weighted by atomic mass is 32.1. The van der Waals surface area contributed by atoms with Gasteiger partial charge in [-0.2, -0.15) is 0 Å². The molecule has 4 rings (SSSR count). The van der Waals surface area contributed by atoms with Crippen LogP contribution in [0.5, 0.6) is 0 Å². The van der Waals surface area contributed by atoms with E-state index in [9.17, 15) is 9.59 Å². The van der Waals surface area contributed by atoms with Gasteiger partial charge in [-0.15, -0.1) is 17.9 Å². The molecule has 0 spiro atoms. The molecule has 0 fully saturated rings. The van der Waals surface area contributed by atoms with Gasteiger partial charge in [0.25, 0.3) is 5.56 Å². The van der Waals surface area contributed by atoms with Crippen LogP contribution in [-0.2, 0) is 24.2 Å². The molecule has 1 aliphatic carbocycles. The fraction of sp³-hybridized carbons (Fsp3) is 0.364. The van der Waals surface area contributed by atoms with E-state index < -0.39 is 0 Å². The lowest BCUT2D eigenvalue weighted by Gasteiger charge is -2.18. The molecule has 0 atom stereocenters. The molecular formula is C22H24N4O2S. The zero-order valence-corrected chi connectivity index (χ0v) is 17.4. The average molecular weight is 409 g/mol. The smallest absolute Gasteiger partial charge is 0.261 e. The maximum Gasteiger partial charge on any atom is 0.261 e. The van der Waals surface area contributed by atoms with Crippen LogP contribution >= 0.6 is 11.3 Å². The van der Waals surface area contributed by atoms with E-state index in [2.05, 4.69) is 11.6 Å². The van der Waals surface area contributed by atoms with Crippen molar-refractivity contribution in [1.29, 1.82) is 0 Å². The minimum Gasteiger partial charge on any atom is -0.298 e. The largest absolute Gasteiger partial charge is 0.298 e. The molecule has 7 heteroatoms. The van der Waals surface area contributed by atoms with Gasteiger partial charge in [-0.1, -0.05) is 18.2 Å². The maximum absolute atomic E-state index is 13.0. The Morgan fingerprint density at radius 3 is 2.97 bits per heavy atom. The van der Waals surface area contributed by atoms with Crippen LogP contribution in [-0.4, -0.2) is 27.0 Å². The van der Waals surface area contributed by atoms with E-state index in [4.69, 9.17) is 4.98 Å². The van der Waals surface area contributed by atoms with Crippen molar-refractivity contribution < 1.29 is 4.79 Å². The average Bonchev–Trinajstić information content (AvgIpc) is 3.15. The molecule has 1 aromatic carbocycles. The van der Waals surface area contributed by atoms with Crippen molar-refractivity contribution in [2.24, 2.45) is 0 Å². The number of anilines is 1. The third kappa shape index (κ3) is 3.87. The molecule has 0 radical (unpaired) electrons. The number of hydrogen-bond donors (Lipinski definition) is 0. The predicted molar refractivity (Wildman–Crippen MR) is 117 cm³/mol. The number of hydrogen-bond acceptors (Lipinski definition) is 5. The van der Waals surface area contributed by atoms with Crippen LogP contribution in [0, 0.1) is 6.92 Å². The molecule has 0 bridgehead atoms. The Balaban J connectivity index is 1.54. The van der Waals surface area contributed by atoms with Crippen LogP contribution in [0.3, 0.4) is 0 Å². The third-order valence-electron chi connectivity index (χ3n) is 5.30. The van der Waals surface area contributed by atoms with Crippen molar-refractivity contribution in [3.8, 4) is 0 Å². The Morgan fingerprint density at radius 2 is 2.17 bits per heavy atom. The van der Waals surface area contributed by atoms with Gasteiger partial charge in [-0.3, -0.25) is 19.1 Å². The summed E-state index contributed by atoms with van der Waals surface area (Å²) in [6, 6.07) is 5.57. The van der Waals surface area contributed by atoms with E-state index in [0.717, 1.165) is 35.7 Å². The Labute approximate surface area is 173 Å². The number of fused-ring (bicyclic) bond motifs is 2. The molecule has 1 aliphatic rings. The number of carbonyl (C=O) groups excluding carboxylic acids is 1. The second-order valence-electron chi connectivity index (χ2n) is 7.33. The molecule has 2 heterocycles. The SMILES string of the molecule is C=CCN(C(=O)CCn1cnc2c(C)cccc2c1=O)c1nc2c(s1)CCCC2. The lowest BCUT2D eigenvalue weighted by atomic mass is 10.0. The Kier molecular flexibility index (Phi) is 5.58. The van der Waals surface area contributed by atoms with Gasteiger partial charge in [0.2, 0.25) is 5.91 Å². The van der Waals surface area contributed by atoms with Crippen molar-refractivity contribution in [2.75, 3.05) is 11.4 Å². The summed E-state index contributed by atoms with van der Waals surface area (Å²) in [5.41, 5.74) is 2.68. The van der Waals surface area contributed by atoms with Gasteiger partial charge in [-0.05, 0) is 44.2 Å². The first-order valence-corrected chi connectivity index (χ1v) is 10.7. The van der Waals surface area contributed by atoms with Crippen molar-refractivity contribution in [3.05, 3.63) is 63.7 Å². The van der Waals surface area contributed by atoms with Gasteiger partial charge in [0, 0.05) is 24.4 Å². The number of benzene rings is 1. The Morgan fingerprint density at radius 1 is 1.34 bits per heavy atom. The number of para-hydroxylation sites is 1. The molecule has 0 saturated heterocycles. The van der Waals surface area contributed by atoms with Gasteiger partial charge < -0.3 is 0 Å². The van der Waals surface area contributed by atoms with Crippen molar-refractivity contribution in [3.63, 3.8) is 0 Å². The van der Waals surface area contributed by atoms with E-state index in [0.29, 0.717) is 17.4 Å². The summed E-state index contributed by atoms with van der Waals surface area (Å²) in [5.74, 6) is -0.0627. The number of amides is 1. The normalized spacial score (nSPS) is 13.3. The van der Waals surface area contributed by atoms with E-state index in [1.54, 1.807) is 28.4 Å². The highest BCUT2D eigenvalue weighted by Gasteiger charge is 2.22. The number of thiazole rings is 1. The zero-order valence-electron chi connectivity index (χ0n) is 16.6. The summed E-state index contributed by atoms with van der Waals surface area (Å²) in [6.07, 6.45) is 7.82. The summed E-state index contributed by atoms with van der Waals surface area (Å²) in [4.78, 5) is 37.8. The quantitative estimate of drug-likeness (QED) is 0.584. The van der Waals surface area contributed by atoms with Gasteiger partial charge in [0.05, 0.1) is 22.9 Å². The Bertz CT molecular complexity index is 1110. The summed E-state index contributed by atoms with van der Waals surface area (Å²) in [6.45, 7) is 6.41. The van der Waals surface area contributed by atoms with Crippen LogP contribution in [0.25, 0.3) is 10.9 Å². The third-order valence-corrected chi connectivity index (χ3v) is 6.48. The molecule has 29 heavy (non-hydrogen) atoms. The molecule has 3 aromatic rings. The molecule has 0 saturated carbocycles. The number of aryl methyl sites for hydroxylation is 4. The molecule has 0 unspecified atom stereocenters. The zero-order chi connectivity index (χ0) is 20.4. The number of carbonyl (C=O) groups is 1. The minimum absolute atomic E-state index is 0.0627. The summed E-state index contributed by atoms with van der Waals surface area (Å²) >= 11 is 1.61. The number of nitrogens with zero attached hydrogens (tertiary/aromatic N) is 4. The molecule has 2 aromatic heterocycles. The van der Waals surface area contributed by atoms with Gasteiger partial charge >= 0.3 is 0 Å². The number of rotatable bonds is 6. The fourth-order valence-corrected chi connectivity index (χ4v) is 4.89.